The minimum absolute atomic E-state index is 0.0734. The van der Waals surface area contributed by atoms with Crippen LogP contribution < -0.4 is 10.1 Å². The zero-order valence-corrected chi connectivity index (χ0v) is 15.1. The Labute approximate surface area is 156 Å². The lowest BCUT2D eigenvalue weighted by Crippen LogP contribution is -2.45. The SMILES string of the molecule is COc1cnc2ccc(F)c(C(CO)CN3CCC(NC(=O)O)CC3)c2n1. The van der Waals surface area contributed by atoms with E-state index < -0.39 is 17.8 Å². The molecule has 0 saturated carbocycles. The van der Waals surface area contributed by atoms with E-state index in [0.29, 0.717) is 49.1 Å². The van der Waals surface area contributed by atoms with E-state index in [0.717, 1.165) is 0 Å². The molecule has 0 spiro atoms. The first-order chi connectivity index (χ1) is 13.0. The number of methoxy groups -OCH3 is 1. The van der Waals surface area contributed by atoms with Gasteiger partial charge in [0.2, 0.25) is 5.88 Å². The Bertz CT molecular complexity index is 811. The number of nitrogens with one attached hydrogen (secondary N) is 1. The molecule has 9 heteroatoms. The summed E-state index contributed by atoms with van der Waals surface area (Å²) in [5.74, 6) is -0.628. The Hall–Kier alpha value is -2.52. The number of halogens is 1. The molecule has 0 aliphatic carbocycles. The first kappa shape index (κ1) is 19.2. The van der Waals surface area contributed by atoms with Crippen LogP contribution >= 0.6 is 0 Å². The Morgan fingerprint density at radius 1 is 1.44 bits per heavy atom. The number of ether oxygens (including phenoxy) is 1. The topological polar surface area (TPSA) is 108 Å². The molecule has 1 fully saturated rings. The molecule has 1 saturated heterocycles. The van der Waals surface area contributed by atoms with Crippen LogP contribution in [-0.2, 0) is 0 Å². The van der Waals surface area contributed by atoms with Gasteiger partial charge in [-0.3, -0.25) is 0 Å². The highest BCUT2D eigenvalue weighted by atomic mass is 19.1. The number of piperidine rings is 1. The van der Waals surface area contributed by atoms with Crippen molar-refractivity contribution in [2.75, 3.05) is 33.4 Å². The van der Waals surface area contributed by atoms with Gasteiger partial charge in [0.1, 0.15) is 5.82 Å². The second-order valence-corrected chi connectivity index (χ2v) is 6.65. The number of hydrogen-bond acceptors (Lipinski definition) is 6. The highest BCUT2D eigenvalue weighted by molar-refractivity contribution is 5.79. The number of benzene rings is 1. The number of carbonyl (C=O) groups is 1. The highest BCUT2D eigenvalue weighted by Gasteiger charge is 2.26. The predicted octanol–water partition coefficient (Wildman–Crippen LogP) is 1.59. The van der Waals surface area contributed by atoms with Gasteiger partial charge in [-0.05, 0) is 25.0 Å². The average Bonchev–Trinajstić information content (AvgIpc) is 2.67. The van der Waals surface area contributed by atoms with Crippen molar-refractivity contribution in [1.82, 2.24) is 20.2 Å². The van der Waals surface area contributed by atoms with E-state index in [9.17, 15) is 14.3 Å². The van der Waals surface area contributed by atoms with Crippen LogP contribution in [0.5, 0.6) is 5.88 Å². The van der Waals surface area contributed by atoms with Crippen molar-refractivity contribution in [3.05, 3.63) is 29.7 Å². The van der Waals surface area contributed by atoms with Gasteiger partial charge in [-0.2, -0.15) is 0 Å². The Balaban J connectivity index is 1.80. The second kappa shape index (κ2) is 8.45. The van der Waals surface area contributed by atoms with Crippen molar-refractivity contribution in [1.29, 1.82) is 0 Å². The Morgan fingerprint density at radius 3 is 2.81 bits per heavy atom. The molecule has 146 valence electrons. The third-order valence-electron chi connectivity index (χ3n) is 4.91. The van der Waals surface area contributed by atoms with Crippen molar-refractivity contribution in [2.24, 2.45) is 0 Å². The molecule has 0 radical (unpaired) electrons. The van der Waals surface area contributed by atoms with Gasteiger partial charge in [-0.1, -0.05) is 0 Å². The highest BCUT2D eigenvalue weighted by Crippen LogP contribution is 2.29. The Kier molecular flexibility index (Phi) is 6.02. The number of nitrogens with zero attached hydrogens (tertiary/aromatic N) is 3. The fourth-order valence-corrected chi connectivity index (χ4v) is 3.53. The van der Waals surface area contributed by atoms with Gasteiger partial charge in [-0.25, -0.2) is 19.2 Å². The molecule has 3 rings (SSSR count). The number of aliphatic hydroxyl groups is 1. The smallest absolute Gasteiger partial charge is 0.404 e. The van der Waals surface area contributed by atoms with E-state index >= 15 is 0 Å². The molecule has 2 heterocycles. The fourth-order valence-electron chi connectivity index (χ4n) is 3.53. The van der Waals surface area contributed by atoms with Crippen molar-refractivity contribution >= 4 is 17.1 Å². The zero-order chi connectivity index (χ0) is 19.4. The molecule has 1 aromatic heterocycles. The number of amides is 1. The largest absolute Gasteiger partial charge is 0.480 e. The van der Waals surface area contributed by atoms with Crippen molar-refractivity contribution in [3.8, 4) is 5.88 Å². The van der Waals surface area contributed by atoms with E-state index in [1.54, 1.807) is 6.07 Å². The maximum atomic E-state index is 14.6. The third kappa shape index (κ3) is 4.42. The predicted molar refractivity (Wildman–Crippen MR) is 96.5 cm³/mol. The average molecular weight is 378 g/mol. The van der Waals surface area contributed by atoms with E-state index in [1.807, 2.05) is 0 Å². The van der Waals surface area contributed by atoms with E-state index in [4.69, 9.17) is 9.84 Å². The van der Waals surface area contributed by atoms with Crippen LogP contribution in [0.4, 0.5) is 9.18 Å². The number of rotatable bonds is 6. The quantitative estimate of drug-likeness (QED) is 0.700. The molecule has 1 aliphatic rings. The molecule has 2 aromatic rings. The molecule has 0 bridgehead atoms. The van der Waals surface area contributed by atoms with Crippen LogP contribution in [0.3, 0.4) is 0 Å². The standard InChI is InChI=1S/C18H23FN4O4/c1-27-15-8-20-14-3-2-13(19)16(17(14)22-15)11(10-24)9-23-6-4-12(5-7-23)21-18(25)26/h2-3,8,11-12,21,24H,4-7,9-10H2,1H3,(H,25,26). The van der Waals surface area contributed by atoms with Crippen LogP contribution in [0.25, 0.3) is 11.0 Å². The summed E-state index contributed by atoms with van der Waals surface area (Å²) in [5.41, 5.74) is 1.25. The number of carboxylic acid groups (broad SMARTS) is 1. The molecule has 8 nitrogen and oxygen atoms in total. The summed E-state index contributed by atoms with van der Waals surface area (Å²) in [6.07, 6.45) is 1.80. The summed E-state index contributed by atoms with van der Waals surface area (Å²) in [6.45, 7) is 1.55. The number of aromatic nitrogens is 2. The lowest BCUT2D eigenvalue weighted by Gasteiger charge is -2.34. The minimum Gasteiger partial charge on any atom is -0.480 e. The van der Waals surface area contributed by atoms with Crippen LogP contribution in [0.15, 0.2) is 18.3 Å². The third-order valence-corrected chi connectivity index (χ3v) is 4.91. The lowest BCUT2D eigenvalue weighted by molar-refractivity contribution is 0.152. The number of hydrogen-bond donors (Lipinski definition) is 3. The van der Waals surface area contributed by atoms with Crippen molar-refractivity contribution in [2.45, 2.75) is 24.8 Å². The van der Waals surface area contributed by atoms with Crippen molar-refractivity contribution in [3.63, 3.8) is 0 Å². The summed E-state index contributed by atoms with van der Waals surface area (Å²) in [4.78, 5) is 21.4. The molecule has 1 aromatic carbocycles. The summed E-state index contributed by atoms with van der Waals surface area (Å²) in [6, 6.07) is 2.82. The van der Waals surface area contributed by atoms with Crippen LogP contribution in [0.2, 0.25) is 0 Å². The van der Waals surface area contributed by atoms with Gasteiger partial charge in [0, 0.05) is 37.2 Å². The van der Waals surface area contributed by atoms with Gasteiger partial charge in [0.15, 0.2) is 0 Å². The van der Waals surface area contributed by atoms with E-state index in [2.05, 4.69) is 20.2 Å². The van der Waals surface area contributed by atoms with Gasteiger partial charge in [0.05, 0.1) is 30.9 Å². The first-order valence-electron chi connectivity index (χ1n) is 8.83. The summed E-state index contributed by atoms with van der Waals surface area (Å²) in [5, 5.41) is 21.2. The van der Waals surface area contributed by atoms with Crippen LogP contribution in [0.1, 0.15) is 24.3 Å². The maximum Gasteiger partial charge on any atom is 0.404 e. The molecule has 1 atom stereocenters. The molecular formula is C18H23FN4O4. The molecular weight excluding hydrogens is 355 g/mol. The fraction of sp³-hybridized carbons (Fsp3) is 0.500. The normalized spacial score (nSPS) is 17.0. The van der Waals surface area contributed by atoms with E-state index in [-0.39, 0.29) is 18.5 Å². The van der Waals surface area contributed by atoms with Gasteiger partial charge in [-0.15, -0.1) is 0 Å². The Morgan fingerprint density at radius 2 is 2.19 bits per heavy atom. The lowest BCUT2D eigenvalue weighted by atomic mass is 9.95. The van der Waals surface area contributed by atoms with Crippen LogP contribution in [-0.4, -0.2) is 70.6 Å². The van der Waals surface area contributed by atoms with E-state index in [1.165, 1.54) is 19.4 Å². The number of aliphatic hydroxyl groups excluding tert-OH is 1. The number of fused-ring (bicyclic) bond motifs is 1. The molecule has 1 unspecified atom stereocenters. The minimum atomic E-state index is -1.02. The summed E-state index contributed by atoms with van der Waals surface area (Å²) in [7, 11) is 1.47. The maximum absolute atomic E-state index is 14.6. The molecule has 27 heavy (non-hydrogen) atoms. The van der Waals surface area contributed by atoms with Crippen LogP contribution in [0, 0.1) is 5.82 Å². The van der Waals surface area contributed by atoms with Gasteiger partial charge in [0.25, 0.3) is 0 Å². The first-order valence-corrected chi connectivity index (χ1v) is 8.83. The monoisotopic (exact) mass is 378 g/mol. The van der Waals surface area contributed by atoms with Gasteiger partial charge >= 0.3 is 6.09 Å². The van der Waals surface area contributed by atoms with Gasteiger partial charge < -0.3 is 25.2 Å². The molecule has 1 aliphatic heterocycles. The number of likely N-dealkylation sites (tertiary alicyclic amines) is 1. The summed E-state index contributed by atoms with van der Waals surface area (Å²) < 4.78 is 19.7. The molecule has 1 amide bonds. The van der Waals surface area contributed by atoms with Crippen molar-refractivity contribution < 1.29 is 24.1 Å². The molecule has 3 N–H and O–H groups in total. The second-order valence-electron chi connectivity index (χ2n) is 6.65. The zero-order valence-electron chi connectivity index (χ0n) is 15.1. The summed E-state index contributed by atoms with van der Waals surface area (Å²) >= 11 is 0.